The predicted octanol–water partition coefficient (Wildman–Crippen LogP) is 4.86. The third kappa shape index (κ3) is 4.83. The van der Waals surface area contributed by atoms with Gasteiger partial charge in [0, 0.05) is 6.61 Å². The molecular weight excluding hydrogens is 212 g/mol. The summed E-state index contributed by atoms with van der Waals surface area (Å²) in [6.07, 6.45) is 3.17. The summed E-state index contributed by atoms with van der Waals surface area (Å²) < 4.78 is 6.17. The molecular formula is C14H30OSi. The van der Waals surface area contributed by atoms with Crippen molar-refractivity contribution in [3.8, 4) is 0 Å². The van der Waals surface area contributed by atoms with Gasteiger partial charge < -0.3 is 4.43 Å². The van der Waals surface area contributed by atoms with Crippen LogP contribution < -0.4 is 0 Å². The van der Waals surface area contributed by atoms with Crippen molar-refractivity contribution in [3.63, 3.8) is 0 Å². The molecule has 96 valence electrons. The lowest BCUT2D eigenvalue weighted by molar-refractivity contribution is 0.251. The van der Waals surface area contributed by atoms with Crippen molar-refractivity contribution in [2.24, 2.45) is 11.8 Å². The fraction of sp³-hybridized carbons (Fsp3) is 0.857. The van der Waals surface area contributed by atoms with Crippen LogP contribution in [0.3, 0.4) is 0 Å². The van der Waals surface area contributed by atoms with Crippen molar-refractivity contribution in [2.75, 3.05) is 6.61 Å². The maximum absolute atomic E-state index is 6.17. The quantitative estimate of drug-likeness (QED) is 0.477. The van der Waals surface area contributed by atoms with E-state index in [0.717, 1.165) is 13.0 Å². The zero-order chi connectivity index (χ0) is 13.0. The molecule has 0 saturated carbocycles. The van der Waals surface area contributed by atoms with E-state index in [1.165, 1.54) is 0 Å². The summed E-state index contributed by atoms with van der Waals surface area (Å²) in [5.74, 6) is 1.25. The molecule has 0 N–H and O–H groups in total. The lowest BCUT2D eigenvalue weighted by atomic mass is 9.93. The lowest BCUT2D eigenvalue weighted by Gasteiger charge is -2.36. The van der Waals surface area contributed by atoms with E-state index in [0.29, 0.717) is 16.9 Å². The molecule has 1 atom stereocenters. The first-order valence-corrected chi connectivity index (χ1v) is 9.29. The lowest BCUT2D eigenvalue weighted by Crippen LogP contribution is -2.41. The first-order chi connectivity index (χ1) is 7.12. The van der Waals surface area contributed by atoms with E-state index >= 15 is 0 Å². The highest BCUT2D eigenvalue weighted by atomic mass is 28.4. The summed E-state index contributed by atoms with van der Waals surface area (Å²) in [5.41, 5.74) is 0. The van der Waals surface area contributed by atoms with Crippen LogP contribution in [0.25, 0.3) is 0 Å². The summed E-state index contributed by atoms with van der Waals surface area (Å²) >= 11 is 0. The zero-order valence-corrected chi connectivity index (χ0v) is 13.3. The Morgan fingerprint density at radius 3 is 2.06 bits per heavy atom. The first kappa shape index (κ1) is 15.9. The highest BCUT2D eigenvalue weighted by Gasteiger charge is 2.36. The van der Waals surface area contributed by atoms with Crippen LogP contribution in [0.5, 0.6) is 0 Å². The maximum Gasteiger partial charge on any atom is 0.191 e. The Bertz CT molecular complexity index is 213. The molecule has 0 bridgehead atoms. The molecule has 0 radical (unpaired) electrons. The van der Waals surface area contributed by atoms with Crippen LogP contribution in [0.4, 0.5) is 0 Å². The zero-order valence-electron chi connectivity index (χ0n) is 12.3. The number of allylic oxidation sites excluding steroid dienone is 1. The molecule has 0 aromatic carbocycles. The van der Waals surface area contributed by atoms with E-state index in [-0.39, 0.29) is 0 Å². The van der Waals surface area contributed by atoms with Gasteiger partial charge in [-0.25, -0.2) is 0 Å². The van der Waals surface area contributed by atoms with E-state index in [4.69, 9.17) is 4.43 Å². The Morgan fingerprint density at radius 1 is 1.25 bits per heavy atom. The molecule has 0 aliphatic rings. The van der Waals surface area contributed by atoms with Crippen molar-refractivity contribution in [3.05, 3.63) is 12.7 Å². The van der Waals surface area contributed by atoms with Crippen LogP contribution >= 0.6 is 0 Å². The SMILES string of the molecule is C=C[C@H](CCO[Si](C)(C)C(C)(C)C)C(C)C. The molecule has 1 nitrogen and oxygen atoms in total. The van der Waals surface area contributed by atoms with E-state index in [9.17, 15) is 0 Å². The highest BCUT2D eigenvalue weighted by molar-refractivity contribution is 6.74. The van der Waals surface area contributed by atoms with Gasteiger partial charge in [0.05, 0.1) is 0 Å². The molecule has 0 unspecified atom stereocenters. The van der Waals surface area contributed by atoms with Gasteiger partial charge in [0.2, 0.25) is 0 Å². The topological polar surface area (TPSA) is 9.23 Å². The Hall–Kier alpha value is -0.0831. The normalized spacial score (nSPS) is 15.2. The van der Waals surface area contributed by atoms with Gasteiger partial charge in [-0.1, -0.05) is 40.7 Å². The number of hydrogen-bond acceptors (Lipinski definition) is 1. The van der Waals surface area contributed by atoms with E-state index < -0.39 is 8.32 Å². The van der Waals surface area contributed by atoms with Gasteiger partial charge in [0.15, 0.2) is 8.32 Å². The molecule has 0 aliphatic carbocycles. The van der Waals surface area contributed by atoms with Gasteiger partial charge in [-0.3, -0.25) is 0 Å². The Morgan fingerprint density at radius 2 is 1.75 bits per heavy atom. The highest BCUT2D eigenvalue weighted by Crippen LogP contribution is 2.36. The summed E-state index contributed by atoms with van der Waals surface area (Å²) in [6, 6.07) is 0. The fourth-order valence-corrected chi connectivity index (χ4v) is 2.45. The van der Waals surface area contributed by atoms with Crippen LogP contribution in [-0.2, 0) is 4.43 Å². The van der Waals surface area contributed by atoms with Crippen LogP contribution in [0.1, 0.15) is 41.0 Å². The molecule has 0 aromatic heterocycles. The Labute approximate surface area is 103 Å². The average molecular weight is 242 g/mol. The minimum absolute atomic E-state index is 0.314. The van der Waals surface area contributed by atoms with Gasteiger partial charge >= 0.3 is 0 Å². The Kier molecular flexibility index (Phi) is 5.98. The standard InChI is InChI=1S/C14H30OSi/c1-9-13(12(2)3)10-11-15-16(7,8)14(4,5)6/h9,12-13H,1,10-11H2,2-8H3/t13-/m1/s1. The van der Waals surface area contributed by atoms with Gasteiger partial charge in [0.1, 0.15) is 0 Å². The summed E-state index contributed by atoms with van der Waals surface area (Å²) in [6.45, 7) is 20.8. The van der Waals surface area contributed by atoms with Crippen molar-refractivity contribution in [1.29, 1.82) is 0 Å². The largest absolute Gasteiger partial charge is 0.417 e. The summed E-state index contributed by atoms with van der Waals surface area (Å²) in [4.78, 5) is 0. The monoisotopic (exact) mass is 242 g/mol. The third-order valence-electron chi connectivity index (χ3n) is 3.88. The summed E-state index contributed by atoms with van der Waals surface area (Å²) in [7, 11) is -1.55. The minimum Gasteiger partial charge on any atom is -0.417 e. The van der Waals surface area contributed by atoms with Crippen LogP contribution in [0.15, 0.2) is 12.7 Å². The molecule has 0 amide bonds. The second-order valence-electron chi connectivity index (χ2n) is 6.54. The average Bonchev–Trinajstić information content (AvgIpc) is 2.09. The van der Waals surface area contributed by atoms with Gasteiger partial charge in [0.25, 0.3) is 0 Å². The molecule has 0 spiro atoms. The maximum atomic E-state index is 6.17. The second-order valence-corrected chi connectivity index (χ2v) is 11.4. The van der Waals surface area contributed by atoms with Crippen molar-refractivity contribution < 1.29 is 4.43 Å². The Balaban J connectivity index is 4.12. The van der Waals surface area contributed by atoms with Crippen LogP contribution in [0, 0.1) is 11.8 Å². The molecule has 0 aromatic rings. The van der Waals surface area contributed by atoms with Gasteiger partial charge in [-0.2, -0.15) is 0 Å². The molecule has 0 heterocycles. The van der Waals surface area contributed by atoms with Crippen LogP contribution in [0.2, 0.25) is 18.1 Å². The molecule has 0 saturated heterocycles. The smallest absolute Gasteiger partial charge is 0.191 e. The van der Waals surface area contributed by atoms with Gasteiger partial charge in [-0.15, -0.1) is 6.58 Å². The van der Waals surface area contributed by atoms with Crippen molar-refractivity contribution in [1.82, 2.24) is 0 Å². The summed E-state index contributed by atoms with van der Waals surface area (Å²) in [5, 5.41) is 0.314. The molecule has 0 aliphatic heterocycles. The number of hydrogen-bond donors (Lipinski definition) is 0. The van der Waals surface area contributed by atoms with Gasteiger partial charge in [-0.05, 0) is 36.4 Å². The van der Waals surface area contributed by atoms with E-state index in [1.807, 2.05) is 0 Å². The molecule has 0 rings (SSSR count). The minimum atomic E-state index is -1.55. The predicted molar refractivity (Wildman–Crippen MR) is 76.3 cm³/mol. The number of rotatable bonds is 6. The molecule has 16 heavy (non-hydrogen) atoms. The van der Waals surface area contributed by atoms with Crippen molar-refractivity contribution in [2.45, 2.75) is 59.2 Å². The third-order valence-corrected chi connectivity index (χ3v) is 8.42. The first-order valence-electron chi connectivity index (χ1n) is 6.38. The van der Waals surface area contributed by atoms with Crippen LogP contribution in [-0.4, -0.2) is 14.9 Å². The fourth-order valence-electron chi connectivity index (χ4n) is 1.39. The van der Waals surface area contributed by atoms with E-state index in [2.05, 4.69) is 60.4 Å². The second kappa shape index (κ2) is 6.01. The van der Waals surface area contributed by atoms with Crippen molar-refractivity contribution >= 4 is 8.32 Å². The molecule has 0 fully saturated rings. The van der Waals surface area contributed by atoms with E-state index in [1.54, 1.807) is 0 Å². The molecule has 2 heteroatoms.